The first-order chi connectivity index (χ1) is 27.2. The van der Waals surface area contributed by atoms with Gasteiger partial charge in [0.2, 0.25) is 0 Å². The van der Waals surface area contributed by atoms with Crippen molar-refractivity contribution in [2.75, 3.05) is 19.8 Å². The van der Waals surface area contributed by atoms with Gasteiger partial charge in [0.25, 0.3) is 0 Å². The topological polar surface area (TPSA) is 69.5 Å². The number of nitrogens with two attached hydrogens (primary N) is 1. The number of unbranched alkanes of at least 4 members (excludes halogenated alkanes) is 19. The molecule has 0 aliphatic heterocycles. The highest BCUT2D eigenvalue weighted by atomic mass is 16.5. The molecule has 5 nitrogen and oxygen atoms in total. The summed E-state index contributed by atoms with van der Waals surface area (Å²) < 4.78 is 20.1. The summed E-state index contributed by atoms with van der Waals surface area (Å²) in [6, 6.07) is 4.29. The Morgan fingerprint density at radius 2 is 0.860 bits per heavy atom. The predicted octanol–water partition coefficient (Wildman–Crippen LogP) is 16.6. The van der Waals surface area contributed by atoms with E-state index >= 15 is 0 Å². The Bertz CT molecular complexity index is 1310. The summed E-state index contributed by atoms with van der Waals surface area (Å²) in [5.74, 6) is 2.69. The summed E-state index contributed by atoms with van der Waals surface area (Å²) >= 11 is 0. The maximum atomic E-state index is 6.75. The zero-order valence-corrected chi connectivity index (χ0v) is 39.3. The van der Waals surface area contributed by atoms with Crippen molar-refractivity contribution in [3.63, 3.8) is 0 Å². The summed E-state index contributed by atoms with van der Waals surface area (Å²) in [5.41, 5.74) is 9.26. The average molecular weight is 795 g/mol. The molecule has 3 N–H and O–H groups in total. The van der Waals surface area contributed by atoms with Crippen LogP contribution in [-0.4, -0.2) is 24.8 Å². The largest absolute Gasteiger partial charge is 0.491 e. The molecule has 330 valence electrons. The fraction of sp³-hybridized carbons (Fsp3) is 0.808. The summed E-state index contributed by atoms with van der Waals surface area (Å²) in [6.07, 6.45) is 37.4. The van der Waals surface area contributed by atoms with Crippen LogP contribution < -0.4 is 19.9 Å². The van der Waals surface area contributed by atoms with Crippen LogP contribution in [0, 0.1) is 16.2 Å². The van der Waals surface area contributed by atoms with Gasteiger partial charge >= 0.3 is 0 Å². The minimum atomic E-state index is 0.451. The summed E-state index contributed by atoms with van der Waals surface area (Å²) in [5, 5.41) is 1.06. The lowest BCUT2D eigenvalue weighted by atomic mass is 9.89. The van der Waals surface area contributed by atoms with Gasteiger partial charge in [0.05, 0.1) is 36.4 Å². The van der Waals surface area contributed by atoms with Gasteiger partial charge in [0, 0.05) is 0 Å². The van der Waals surface area contributed by atoms with Crippen molar-refractivity contribution in [2.24, 2.45) is 22.0 Å². The van der Waals surface area contributed by atoms with Crippen LogP contribution in [-0.2, 0) is 6.42 Å². The molecule has 0 fully saturated rings. The Morgan fingerprint density at radius 3 is 1.28 bits per heavy atom. The smallest absolute Gasteiger partial charge is 0.174 e. The third-order valence-corrected chi connectivity index (χ3v) is 11.3. The second-order valence-electron chi connectivity index (χ2n) is 21.0. The van der Waals surface area contributed by atoms with Crippen molar-refractivity contribution in [1.29, 1.82) is 0 Å². The molecule has 0 saturated carbocycles. The molecule has 2 rings (SSSR count). The van der Waals surface area contributed by atoms with Gasteiger partial charge in [-0.25, -0.2) is 0 Å². The lowest BCUT2D eigenvalue weighted by Gasteiger charge is -2.17. The number of fused-ring (bicyclic) bond motifs is 1. The van der Waals surface area contributed by atoms with Crippen molar-refractivity contribution in [3.05, 3.63) is 30.1 Å². The molecule has 1 aromatic heterocycles. The number of nitrogens with one attached hydrogen (secondary N) is 1. The van der Waals surface area contributed by atoms with Gasteiger partial charge in [-0.2, -0.15) is 0 Å². The van der Waals surface area contributed by atoms with Crippen LogP contribution in [0.25, 0.3) is 10.9 Å². The first-order valence-electron chi connectivity index (χ1n) is 24.1. The maximum Gasteiger partial charge on any atom is 0.174 e. The van der Waals surface area contributed by atoms with Crippen LogP contribution in [0.2, 0.25) is 0 Å². The molecule has 2 aromatic rings. The second-order valence-corrected chi connectivity index (χ2v) is 21.0. The standard InChI is InChI=1S/C52H94N2O3/c1-50(2,3)37-27-19-13-10-16-22-31-41-55-46-36-35-44-47(49(46)57-43-33-24-18-12-15-21-29-39-52(7,8)9)48(45(54-44)34-26-25-30-40-53)56-42-32-23-17-11-14-20-28-38-51(4,5)6/h30,35-36,40,54H,10-29,31-34,37-39,41-43,53H2,1-9H3. The number of rotatable bonds is 34. The number of aromatic nitrogens is 1. The first kappa shape index (κ1) is 50.8. The number of aromatic amines is 1. The van der Waals surface area contributed by atoms with Crippen molar-refractivity contribution >= 4 is 10.9 Å². The lowest BCUT2D eigenvalue weighted by Crippen LogP contribution is -2.05. The zero-order valence-electron chi connectivity index (χ0n) is 39.3. The summed E-state index contributed by atoms with van der Waals surface area (Å²) in [7, 11) is 0. The van der Waals surface area contributed by atoms with Crippen LogP contribution in [0.4, 0.5) is 0 Å². The van der Waals surface area contributed by atoms with Crippen molar-refractivity contribution in [3.8, 4) is 17.2 Å². The third-order valence-electron chi connectivity index (χ3n) is 11.3. The SMILES string of the molecule is CC(C)(C)CCCCCCCCCOc1ccc2[nH]c(CCCC=CN)c(OCCCCCCCCCC(C)(C)C)c2c1OCCCCCCCCCC(C)(C)C. The number of hydrogen-bond donors (Lipinski definition) is 2. The maximum absolute atomic E-state index is 6.75. The molecular weight excluding hydrogens is 701 g/mol. The van der Waals surface area contributed by atoms with Gasteiger partial charge in [-0.15, -0.1) is 0 Å². The Hall–Kier alpha value is -2.30. The molecule has 0 spiro atoms. The van der Waals surface area contributed by atoms with Gasteiger partial charge in [-0.1, -0.05) is 184 Å². The highest BCUT2D eigenvalue weighted by Crippen LogP contribution is 2.44. The van der Waals surface area contributed by atoms with Gasteiger partial charge < -0.3 is 24.9 Å². The van der Waals surface area contributed by atoms with E-state index in [1.54, 1.807) is 6.20 Å². The highest BCUT2D eigenvalue weighted by Gasteiger charge is 2.21. The van der Waals surface area contributed by atoms with Crippen LogP contribution in [0.1, 0.15) is 235 Å². The average Bonchev–Trinajstić information content (AvgIpc) is 3.48. The number of H-pyrrole nitrogens is 1. The second kappa shape index (κ2) is 29.0. The lowest BCUT2D eigenvalue weighted by molar-refractivity contribution is 0.259. The number of ether oxygens (including phenoxy) is 3. The number of hydrogen-bond acceptors (Lipinski definition) is 4. The Balaban J connectivity index is 2.05. The van der Waals surface area contributed by atoms with Gasteiger partial charge in [0.1, 0.15) is 0 Å². The van der Waals surface area contributed by atoms with Crippen molar-refractivity contribution < 1.29 is 14.2 Å². The molecule has 1 heterocycles. The van der Waals surface area contributed by atoms with E-state index < -0.39 is 0 Å². The predicted molar refractivity (Wildman–Crippen MR) is 250 cm³/mol. The van der Waals surface area contributed by atoms with E-state index in [0.717, 1.165) is 85.6 Å². The van der Waals surface area contributed by atoms with Crippen molar-refractivity contribution in [2.45, 2.75) is 236 Å². The van der Waals surface area contributed by atoms with E-state index in [9.17, 15) is 0 Å². The first-order valence-corrected chi connectivity index (χ1v) is 24.1. The monoisotopic (exact) mass is 795 g/mol. The molecule has 0 atom stereocenters. The summed E-state index contributed by atoms with van der Waals surface area (Å²) in [4.78, 5) is 3.74. The Kier molecular flexibility index (Phi) is 25.9. The fourth-order valence-corrected chi connectivity index (χ4v) is 7.80. The minimum Gasteiger partial charge on any atom is -0.491 e. The Labute approximate surface area is 353 Å². The molecule has 0 radical (unpaired) electrons. The normalized spacial score (nSPS) is 12.6. The molecular formula is C52H94N2O3. The van der Waals surface area contributed by atoms with E-state index in [0.29, 0.717) is 22.9 Å². The van der Waals surface area contributed by atoms with Crippen LogP contribution in [0.15, 0.2) is 24.4 Å². The van der Waals surface area contributed by atoms with Crippen LogP contribution in [0.3, 0.4) is 0 Å². The minimum absolute atomic E-state index is 0.451. The van der Waals surface area contributed by atoms with Gasteiger partial charge in [0.15, 0.2) is 17.2 Å². The molecule has 0 bridgehead atoms. The third kappa shape index (κ3) is 25.7. The molecule has 0 unspecified atom stereocenters. The highest BCUT2D eigenvalue weighted by molar-refractivity contribution is 5.95. The molecule has 0 aliphatic rings. The molecule has 1 aromatic carbocycles. The molecule has 0 aliphatic carbocycles. The van der Waals surface area contributed by atoms with Gasteiger partial charge in [-0.3, -0.25) is 0 Å². The number of allylic oxidation sites excluding steroid dienone is 1. The van der Waals surface area contributed by atoms with E-state index in [2.05, 4.69) is 79.4 Å². The Morgan fingerprint density at radius 1 is 0.474 bits per heavy atom. The zero-order chi connectivity index (χ0) is 41.8. The molecule has 0 amide bonds. The number of benzene rings is 1. The number of aryl methyl sites for hydroxylation is 1. The quantitative estimate of drug-likeness (QED) is 0.0692. The van der Waals surface area contributed by atoms with Gasteiger partial charge in [-0.05, 0) is 92.4 Å². The fourth-order valence-electron chi connectivity index (χ4n) is 7.80. The van der Waals surface area contributed by atoms with Crippen molar-refractivity contribution in [1.82, 2.24) is 4.98 Å². The molecule has 57 heavy (non-hydrogen) atoms. The van der Waals surface area contributed by atoms with E-state index in [1.165, 1.54) is 135 Å². The molecule has 5 heteroatoms. The van der Waals surface area contributed by atoms with E-state index in [4.69, 9.17) is 19.9 Å². The van der Waals surface area contributed by atoms with E-state index in [-0.39, 0.29) is 0 Å². The van der Waals surface area contributed by atoms with Crippen LogP contribution in [0.5, 0.6) is 17.2 Å². The van der Waals surface area contributed by atoms with Crippen LogP contribution >= 0.6 is 0 Å². The molecule has 0 saturated heterocycles. The van der Waals surface area contributed by atoms with E-state index in [1.807, 2.05) is 6.08 Å². The summed E-state index contributed by atoms with van der Waals surface area (Å²) in [6.45, 7) is 23.3.